The summed E-state index contributed by atoms with van der Waals surface area (Å²) >= 11 is 3.51. The number of sulfonamides is 1. The molecular formula is C38H44BrN3O7S. The first-order valence-corrected chi connectivity index (χ1v) is 18.7. The van der Waals surface area contributed by atoms with Gasteiger partial charge in [0.2, 0.25) is 11.8 Å². The van der Waals surface area contributed by atoms with E-state index in [9.17, 15) is 18.0 Å². The van der Waals surface area contributed by atoms with E-state index in [1.165, 1.54) is 37.3 Å². The fourth-order valence-electron chi connectivity index (χ4n) is 5.40. The van der Waals surface area contributed by atoms with Crippen molar-refractivity contribution < 1.29 is 32.2 Å². The monoisotopic (exact) mass is 765 g/mol. The van der Waals surface area contributed by atoms with Gasteiger partial charge in [0.25, 0.3) is 10.0 Å². The van der Waals surface area contributed by atoms with Crippen LogP contribution in [-0.2, 0) is 32.6 Å². The van der Waals surface area contributed by atoms with Crippen molar-refractivity contribution in [1.29, 1.82) is 0 Å². The Morgan fingerprint density at radius 1 is 0.840 bits per heavy atom. The summed E-state index contributed by atoms with van der Waals surface area (Å²) in [4.78, 5) is 30.0. The number of hydrogen-bond donors (Lipinski definition) is 1. The summed E-state index contributed by atoms with van der Waals surface area (Å²) < 4.78 is 47.2. The molecule has 2 amide bonds. The van der Waals surface area contributed by atoms with E-state index in [2.05, 4.69) is 21.2 Å². The van der Waals surface area contributed by atoms with E-state index in [0.29, 0.717) is 24.7 Å². The molecule has 0 aliphatic rings. The highest BCUT2D eigenvalue weighted by molar-refractivity contribution is 9.10. The molecule has 0 aliphatic heterocycles. The molecule has 0 saturated carbocycles. The Morgan fingerprint density at radius 3 is 2.18 bits per heavy atom. The fourth-order valence-corrected chi connectivity index (χ4v) is 7.28. The third-order valence-corrected chi connectivity index (χ3v) is 10.3. The molecule has 0 aliphatic carbocycles. The molecule has 1 atom stereocenters. The number of nitrogens with zero attached hydrogens (tertiary/aromatic N) is 2. The standard InChI is InChI=1S/C38H44BrN3O7S/c1-5-7-22-40-38(44)34(24-28-12-9-8-10-13-28)41(26-29-14-11-15-30(39)23-29)37(43)27-42(31-16-18-32(19-17-31)49-6-2)50(45,46)33-20-21-35(47-3)36(25-33)48-4/h8-21,23,25,34H,5-7,22,24,26-27H2,1-4H3,(H,40,44)/t34-/m1/s1. The zero-order chi connectivity index (χ0) is 36.1. The van der Waals surface area contributed by atoms with Gasteiger partial charge in [0.15, 0.2) is 11.5 Å². The summed E-state index contributed by atoms with van der Waals surface area (Å²) in [6.45, 7) is 4.23. The maximum absolute atomic E-state index is 14.7. The van der Waals surface area contributed by atoms with Gasteiger partial charge >= 0.3 is 0 Å². The van der Waals surface area contributed by atoms with Crippen LogP contribution in [-0.4, -0.2) is 65.1 Å². The number of rotatable bonds is 18. The first-order valence-electron chi connectivity index (χ1n) is 16.4. The van der Waals surface area contributed by atoms with Crippen molar-refractivity contribution in [2.45, 2.75) is 50.6 Å². The van der Waals surface area contributed by atoms with Crippen LogP contribution in [0.2, 0.25) is 0 Å². The third-order valence-electron chi connectivity index (χ3n) is 8.00. The van der Waals surface area contributed by atoms with Crippen LogP contribution in [0.1, 0.15) is 37.8 Å². The van der Waals surface area contributed by atoms with Crippen molar-refractivity contribution >= 4 is 43.5 Å². The Balaban J connectivity index is 1.82. The Labute approximate surface area is 303 Å². The van der Waals surface area contributed by atoms with Crippen molar-refractivity contribution in [1.82, 2.24) is 10.2 Å². The number of amides is 2. The van der Waals surface area contributed by atoms with Crippen molar-refractivity contribution in [2.24, 2.45) is 0 Å². The molecule has 50 heavy (non-hydrogen) atoms. The van der Waals surface area contributed by atoms with Crippen LogP contribution in [0.3, 0.4) is 0 Å². The second kappa shape index (κ2) is 18.4. The lowest BCUT2D eigenvalue weighted by molar-refractivity contribution is -0.140. The quantitative estimate of drug-likeness (QED) is 0.113. The molecule has 1 N–H and O–H groups in total. The van der Waals surface area contributed by atoms with Crippen LogP contribution in [0.15, 0.2) is 106 Å². The predicted molar refractivity (Wildman–Crippen MR) is 198 cm³/mol. The summed E-state index contributed by atoms with van der Waals surface area (Å²) in [5.41, 5.74) is 1.87. The molecule has 4 aromatic carbocycles. The molecule has 0 saturated heterocycles. The fraction of sp³-hybridized carbons (Fsp3) is 0.316. The topological polar surface area (TPSA) is 114 Å². The number of methoxy groups -OCH3 is 2. The number of hydrogen-bond acceptors (Lipinski definition) is 7. The van der Waals surface area contributed by atoms with Crippen molar-refractivity contribution in [3.05, 3.63) is 113 Å². The number of unbranched alkanes of at least 4 members (excludes halogenated alkanes) is 1. The second-order valence-electron chi connectivity index (χ2n) is 11.5. The van der Waals surface area contributed by atoms with Gasteiger partial charge in [0, 0.05) is 30.0 Å². The van der Waals surface area contributed by atoms with Gasteiger partial charge in [-0.15, -0.1) is 0 Å². The van der Waals surface area contributed by atoms with Crippen molar-refractivity contribution in [2.75, 3.05) is 38.2 Å². The number of carbonyl (C=O) groups excluding carboxylic acids is 2. The summed E-state index contributed by atoms with van der Waals surface area (Å²) in [5, 5.41) is 3.01. The smallest absolute Gasteiger partial charge is 0.264 e. The molecular weight excluding hydrogens is 722 g/mol. The van der Waals surface area contributed by atoms with Crippen LogP contribution in [0.25, 0.3) is 0 Å². The van der Waals surface area contributed by atoms with Crippen LogP contribution < -0.4 is 23.8 Å². The van der Waals surface area contributed by atoms with Gasteiger partial charge in [-0.3, -0.25) is 13.9 Å². The molecule has 0 fully saturated rings. The molecule has 12 heteroatoms. The normalized spacial score (nSPS) is 11.7. The zero-order valence-electron chi connectivity index (χ0n) is 28.8. The van der Waals surface area contributed by atoms with E-state index in [1.807, 2.05) is 68.4 Å². The lowest BCUT2D eigenvalue weighted by Gasteiger charge is -2.34. The SMILES string of the molecule is CCCCNC(=O)[C@@H](Cc1ccccc1)N(Cc1cccc(Br)c1)C(=O)CN(c1ccc(OCC)cc1)S(=O)(=O)c1ccc(OC)c(OC)c1. The maximum atomic E-state index is 14.7. The van der Waals surface area contributed by atoms with Gasteiger partial charge < -0.3 is 24.4 Å². The van der Waals surface area contributed by atoms with Gasteiger partial charge in [-0.2, -0.15) is 0 Å². The molecule has 0 radical (unpaired) electrons. The Hall–Kier alpha value is -4.55. The number of anilines is 1. The Bertz CT molecular complexity index is 1820. The van der Waals surface area contributed by atoms with Crippen LogP contribution in [0, 0.1) is 0 Å². The van der Waals surface area contributed by atoms with Crippen LogP contribution in [0.4, 0.5) is 5.69 Å². The summed E-state index contributed by atoms with van der Waals surface area (Å²) in [5.74, 6) is 0.243. The zero-order valence-corrected chi connectivity index (χ0v) is 31.2. The maximum Gasteiger partial charge on any atom is 0.264 e. The van der Waals surface area contributed by atoms with Crippen LogP contribution >= 0.6 is 15.9 Å². The average Bonchev–Trinajstić information content (AvgIpc) is 3.12. The Kier molecular flexibility index (Phi) is 14.1. The molecule has 266 valence electrons. The van der Waals surface area contributed by atoms with Crippen molar-refractivity contribution in [3.63, 3.8) is 0 Å². The number of benzene rings is 4. The Morgan fingerprint density at radius 2 is 1.54 bits per heavy atom. The van der Waals surface area contributed by atoms with Gasteiger partial charge in [-0.05, 0) is 73.0 Å². The van der Waals surface area contributed by atoms with E-state index >= 15 is 0 Å². The highest BCUT2D eigenvalue weighted by atomic mass is 79.9. The minimum Gasteiger partial charge on any atom is -0.494 e. The summed E-state index contributed by atoms with van der Waals surface area (Å²) in [7, 11) is -1.49. The molecule has 0 unspecified atom stereocenters. The molecule has 0 aromatic heterocycles. The van der Waals surface area contributed by atoms with Crippen LogP contribution in [0.5, 0.6) is 17.2 Å². The highest BCUT2D eigenvalue weighted by Gasteiger charge is 2.35. The predicted octanol–water partition coefficient (Wildman–Crippen LogP) is 6.62. The van der Waals surface area contributed by atoms with E-state index in [0.717, 1.165) is 32.7 Å². The summed E-state index contributed by atoms with van der Waals surface area (Å²) in [6.07, 6.45) is 1.89. The molecule has 10 nitrogen and oxygen atoms in total. The van der Waals surface area contributed by atoms with Gasteiger partial charge in [-0.25, -0.2) is 8.42 Å². The highest BCUT2D eigenvalue weighted by Crippen LogP contribution is 2.33. The van der Waals surface area contributed by atoms with Gasteiger partial charge in [0.1, 0.15) is 18.3 Å². The number of ether oxygens (including phenoxy) is 3. The lowest BCUT2D eigenvalue weighted by atomic mass is 10.0. The molecule has 4 rings (SSSR count). The second-order valence-corrected chi connectivity index (χ2v) is 14.2. The number of halogens is 1. The first-order chi connectivity index (χ1) is 24.1. The third kappa shape index (κ3) is 10.0. The largest absolute Gasteiger partial charge is 0.494 e. The lowest BCUT2D eigenvalue weighted by Crippen LogP contribution is -2.53. The van der Waals surface area contributed by atoms with E-state index in [1.54, 1.807) is 24.3 Å². The van der Waals surface area contributed by atoms with E-state index < -0.39 is 28.5 Å². The summed E-state index contributed by atoms with van der Waals surface area (Å²) in [6, 6.07) is 26.7. The number of carbonyl (C=O) groups is 2. The molecule has 0 heterocycles. The number of nitrogens with one attached hydrogen (secondary N) is 1. The first kappa shape index (κ1) is 38.3. The minimum absolute atomic E-state index is 0.0600. The molecule has 0 spiro atoms. The van der Waals surface area contributed by atoms with Gasteiger partial charge in [0.05, 0.1) is 31.4 Å². The van der Waals surface area contributed by atoms with E-state index in [4.69, 9.17) is 14.2 Å². The van der Waals surface area contributed by atoms with Gasteiger partial charge in [-0.1, -0.05) is 71.7 Å². The minimum atomic E-state index is -4.37. The molecule has 0 bridgehead atoms. The van der Waals surface area contributed by atoms with Crippen molar-refractivity contribution in [3.8, 4) is 17.2 Å². The molecule has 4 aromatic rings. The average molecular weight is 767 g/mol. The van der Waals surface area contributed by atoms with E-state index in [-0.39, 0.29) is 35.2 Å².